The second-order valence-corrected chi connectivity index (χ2v) is 5.49. The predicted molar refractivity (Wildman–Crippen MR) is 70.6 cm³/mol. The van der Waals surface area contributed by atoms with Crippen molar-refractivity contribution >= 4 is 5.91 Å². The van der Waals surface area contributed by atoms with Crippen molar-refractivity contribution < 1.29 is 14.6 Å². The van der Waals surface area contributed by atoms with Crippen LogP contribution in [0.15, 0.2) is 18.2 Å². The van der Waals surface area contributed by atoms with Crippen molar-refractivity contribution in [1.82, 2.24) is 4.90 Å². The Balaban J connectivity index is 1.84. The molecule has 3 rings (SSSR count). The van der Waals surface area contributed by atoms with Crippen LogP contribution in [0.4, 0.5) is 0 Å². The van der Waals surface area contributed by atoms with E-state index in [0.717, 1.165) is 18.5 Å². The molecule has 1 amide bonds. The monoisotopic (exact) mass is 261 g/mol. The maximum atomic E-state index is 12.5. The molecule has 0 bridgehead atoms. The molecule has 0 aromatic heterocycles. The number of hydrogen-bond donors (Lipinski definition) is 1. The molecule has 2 heterocycles. The Morgan fingerprint density at radius 3 is 3.00 bits per heavy atom. The lowest BCUT2D eigenvalue weighted by atomic mass is 10.0. The van der Waals surface area contributed by atoms with Crippen LogP contribution in [0.5, 0.6) is 0 Å². The zero-order valence-corrected chi connectivity index (χ0v) is 11.1. The van der Waals surface area contributed by atoms with Gasteiger partial charge in [-0.1, -0.05) is 13.0 Å². The Morgan fingerprint density at radius 2 is 2.21 bits per heavy atom. The Bertz CT molecular complexity index is 500. The van der Waals surface area contributed by atoms with E-state index >= 15 is 0 Å². The molecule has 102 valence electrons. The fourth-order valence-corrected chi connectivity index (χ4v) is 3.01. The van der Waals surface area contributed by atoms with E-state index in [1.807, 2.05) is 23.1 Å². The molecule has 2 aliphatic heterocycles. The van der Waals surface area contributed by atoms with Crippen LogP contribution < -0.4 is 0 Å². The van der Waals surface area contributed by atoms with Crippen LogP contribution in [-0.2, 0) is 18.0 Å². The molecule has 1 saturated heterocycles. The van der Waals surface area contributed by atoms with Crippen molar-refractivity contribution in [3.05, 3.63) is 34.9 Å². The number of amides is 1. The first-order valence-corrected chi connectivity index (χ1v) is 6.82. The summed E-state index contributed by atoms with van der Waals surface area (Å²) in [6, 6.07) is 5.73. The lowest BCUT2D eigenvalue weighted by Gasteiger charge is -2.25. The van der Waals surface area contributed by atoms with Crippen LogP contribution in [0.3, 0.4) is 0 Å². The van der Waals surface area contributed by atoms with Crippen molar-refractivity contribution in [2.75, 3.05) is 13.2 Å². The van der Waals surface area contributed by atoms with E-state index in [0.29, 0.717) is 24.7 Å². The fraction of sp³-hybridized carbons (Fsp3) is 0.533. The maximum absolute atomic E-state index is 12.5. The van der Waals surface area contributed by atoms with Gasteiger partial charge in [0.25, 0.3) is 5.91 Å². The highest BCUT2D eigenvalue weighted by molar-refractivity contribution is 5.95. The molecule has 1 aromatic rings. The normalized spacial score (nSPS) is 25.7. The average molecular weight is 261 g/mol. The Hall–Kier alpha value is -1.39. The number of rotatable bonds is 2. The summed E-state index contributed by atoms with van der Waals surface area (Å²) in [5, 5.41) is 9.44. The van der Waals surface area contributed by atoms with E-state index in [1.54, 1.807) is 0 Å². The first kappa shape index (κ1) is 12.6. The van der Waals surface area contributed by atoms with Crippen molar-refractivity contribution in [2.45, 2.75) is 32.6 Å². The SMILES string of the molecule is CC1CCN(C(=O)c2ccc3c(c2)COC3)C1CO. The lowest BCUT2D eigenvalue weighted by molar-refractivity contribution is 0.0648. The molecule has 1 aromatic carbocycles. The first-order valence-electron chi connectivity index (χ1n) is 6.82. The van der Waals surface area contributed by atoms with E-state index < -0.39 is 0 Å². The minimum Gasteiger partial charge on any atom is -0.394 e. The van der Waals surface area contributed by atoms with Gasteiger partial charge in [-0.25, -0.2) is 0 Å². The number of aliphatic hydroxyl groups excluding tert-OH is 1. The quantitative estimate of drug-likeness (QED) is 0.879. The number of fused-ring (bicyclic) bond motifs is 1. The van der Waals surface area contributed by atoms with Crippen LogP contribution in [0, 0.1) is 5.92 Å². The molecule has 2 atom stereocenters. The molecule has 19 heavy (non-hydrogen) atoms. The molecule has 0 aliphatic carbocycles. The largest absolute Gasteiger partial charge is 0.394 e. The highest BCUT2D eigenvalue weighted by Gasteiger charge is 2.34. The molecule has 4 nitrogen and oxygen atoms in total. The number of likely N-dealkylation sites (tertiary alicyclic amines) is 1. The zero-order valence-electron chi connectivity index (χ0n) is 11.1. The van der Waals surface area contributed by atoms with Crippen LogP contribution in [0.1, 0.15) is 34.8 Å². The van der Waals surface area contributed by atoms with Gasteiger partial charge in [0.1, 0.15) is 0 Å². The van der Waals surface area contributed by atoms with Crippen molar-refractivity contribution in [2.24, 2.45) is 5.92 Å². The highest BCUT2D eigenvalue weighted by Crippen LogP contribution is 2.27. The Morgan fingerprint density at radius 1 is 1.42 bits per heavy atom. The third-order valence-electron chi connectivity index (χ3n) is 4.30. The van der Waals surface area contributed by atoms with E-state index in [-0.39, 0.29) is 18.6 Å². The summed E-state index contributed by atoms with van der Waals surface area (Å²) in [5.74, 6) is 0.393. The zero-order chi connectivity index (χ0) is 13.4. The molecule has 1 fully saturated rings. The van der Waals surface area contributed by atoms with Gasteiger partial charge < -0.3 is 14.7 Å². The molecule has 1 N–H and O–H groups in total. The van der Waals surface area contributed by atoms with E-state index in [9.17, 15) is 9.90 Å². The summed E-state index contributed by atoms with van der Waals surface area (Å²) in [6.07, 6.45) is 0.963. The van der Waals surface area contributed by atoms with Crippen LogP contribution in [0.25, 0.3) is 0 Å². The third kappa shape index (κ3) is 2.15. The second-order valence-electron chi connectivity index (χ2n) is 5.49. The number of carbonyl (C=O) groups is 1. The molecule has 4 heteroatoms. The van der Waals surface area contributed by atoms with Crippen molar-refractivity contribution in [1.29, 1.82) is 0 Å². The average Bonchev–Trinajstić information content (AvgIpc) is 3.02. The molecule has 0 radical (unpaired) electrons. The summed E-state index contributed by atoms with van der Waals surface area (Å²) < 4.78 is 5.37. The number of hydrogen-bond acceptors (Lipinski definition) is 3. The van der Waals surface area contributed by atoms with Gasteiger partial charge >= 0.3 is 0 Å². The Kier molecular flexibility index (Phi) is 3.29. The topological polar surface area (TPSA) is 49.8 Å². The molecule has 0 saturated carbocycles. The van der Waals surface area contributed by atoms with Gasteiger partial charge in [-0.2, -0.15) is 0 Å². The minimum absolute atomic E-state index is 0.0260. The number of aliphatic hydroxyl groups is 1. The van der Waals surface area contributed by atoms with Crippen molar-refractivity contribution in [3.8, 4) is 0 Å². The number of benzene rings is 1. The van der Waals surface area contributed by atoms with Crippen LogP contribution in [0.2, 0.25) is 0 Å². The molecule has 2 unspecified atom stereocenters. The van der Waals surface area contributed by atoms with Crippen molar-refractivity contribution in [3.63, 3.8) is 0 Å². The second kappa shape index (κ2) is 4.94. The Labute approximate surface area is 113 Å². The fourth-order valence-electron chi connectivity index (χ4n) is 3.01. The standard InChI is InChI=1S/C15H19NO3/c1-10-4-5-16(14(10)7-17)15(18)11-2-3-12-8-19-9-13(12)6-11/h2-3,6,10,14,17H,4-5,7-9H2,1H3. The minimum atomic E-state index is -0.0444. The molecular formula is C15H19NO3. The van der Waals surface area contributed by atoms with Crippen LogP contribution in [-0.4, -0.2) is 35.1 Å². The molecule has 2 aliphatic rings. The van der Waals surface area contributed by atoms with Crippen LogP contribution >= 0.6 is 0 Å². The highest BCUT2D eigenvalue weighted by atomic mass is 16.5. The summed E-state index contributed by atoms with van der Waals surface area (Å²) in [6.45, 7) is 4.10. The van der Waals surface area contributed by atoms with Gasteiger partial charge in [-0.05, 0) is 35.6 Å². The van der Waals surface area contributed by atoms with Gasteiger partial charge in [0.2, 0.25) is 0 Å². The third-order valence-corrected chi connectivity index (χ3v) is 4.30. The number of nitrogens with zero attached hydrogens (tertiary/aromatic N) is 1. The number of ether oxygens (including phenoxy) is 1. The van der Waals surface area contributed by atoms with Gasteiger partial charge in [-0.15, -0.1) is 0 Å². The van der Waals surface area contributed by atoms with Gasteiger partial charge in [0, 0.05) is 12.1 Å². The molecule has 0 spiro atoms. The van der Waals surface area contributed by atoms with E-state index in [1.165, 1.54) is 5.56 Å². The summed E-state index contributed by atoms with van der Waals surface area (Å²) in [7, 11) is 0. The van der Waals surface area contributed by atoms with E-state index in [2.05, 4.69) is 6.92 Å². The van der Waals surface area contributed by atoms with Gasteiger partial charge in [0.15, 0.2) is 0 Å². The predicted octanol–water partition coefficient (Wildman–Crippen LogP) is 1.56. The molecular weight excluding hydrogens is 242 g/mol. The summed E-state index contributed by atoms with van der Waals surface area (Å²) in [5.41, 5.74) is 2.99. The lowest BCUT2D eigenvalue weighted by Crippen LogP contribution is -2.39. The maximum Gasteiger partial charge on any atom is 0.254 e. The first-order chi connectivity index (χ1) is 9.20. The van der Waals surface area contributed by atoms with E-state index in [4.69, 9.17) is 4.74 Å². The summed E-state index contributed by atoms with van der Waals surface area (Å²) >= 11 is 0. The van der Waals surface area contributed by atoms with Gasteiger partial charge in [0.05, 0.1) is 25.9 Å². The van der Waals surface area contributed by atoms with Gasteiger partial charge in [-0.3, -0.25) is 4.79 Å². The number of carbonyl (C=O) groups excluding carboxylic acids is 1. The summed E-state index contributed by atoms with van der Waals surface area (Å²) in [4.78, 5) is 14.3. The smallest absolute Gasteiger partial charge is 0.254 e.